The van der Waals surface area contributed by atoms with Crippen molar-refractivity contribution >= 4 is 0 Å². The van der Waals surface area contributed by atoms with Crippen molar-refractivity contribution in [1.82, 2.24) is 0 Å². The standard InChI is InChI=1S/C23H46/c1-7-22-17-19(2)18-23(5,6)21(4)16-14-12-10-8-9-11-13-15-20(22)3/h19-22H,7-18H2,1-6H3. The van der Waals surface area contributed by atoms with E-state index < -0.39 is 0 Å². The molecular formula is C23H46. The SMILES string of the molecule is CCC1CC(C)CC(C)(C)C(C)CCCCCCCCCC1C. The van der Waals surface area contributed by atoms with Gasteiger partial charge < -0.3 is 0 Å². The Morgan fingerprint density at radius 1 is 0.783 bits per heavy atom. The van der Waals surface area contributed by atoms with Crippen LogP contribution >= 0.6 is 0 Å². The smallest absolute Gasteiger partial charge is 0.0326 e. The summed E-state index contributed by atoms with van der Waals surface area (Å²) in [5.41, 5.74) is 0.512. The predicted octanol–water partition coefficient (Wildman–Crippen LogP) is 8.25. The first kappa shape index (κ1) is 21.0. The van der Waals surface area contributed by atoms with Crippen LogP contribution in [0.3, 0.4) is 0 Å². The zero-order valence-corrected chi connectivity index (χ0v) is 17.3. The van der Waals surface area contributed by atoms with Crippen LogP contribution in [0.1, 0.15) is 119 Å². The Bertz CT molecular complexity index is 290. The van der Waals surface area contributed by atoms with E-state index in [0.717, 1.165) is 23.7 Å². The van der Waals surface area contributed by atoms with Gasteiger partial charge in [0.2, 0.25) is 0 Å². The lowest BCUT2D eigenvalue weighted by molar-refractivity contribution is 0.145. The summed E-state index contributed by atoms with van der Waals surface area (Å²) in [6, 6.07) is 0. The summed E-state index contributed by atoms with van der Waals surface area (Å²) >= 11 is 0. The van der Waals surface area contributed by atoms with E-state index in [-0.39, 0.29) is 0 Å². The van der Waals surface area contributed by atoms with Crippen molar-refractivity contribution < 1.29 is 0 Å². The number of hydrogen-bond acceptors (Lipinski definition) is 0. The van der Waals surface area contributed by atoms with Gasteiger partial charge in [0.05, 0.1) is 0 Å². The molecule has 0 N–H and O–H groups in total. The maximum Gasteiger partial charge on any atom is -0.0326 e. The van der Waals surface area contributed by atoms with Crippen LogP contribution in [-0.2, 0) is 0 Å². The van der Waals surface area contributed by atoms with E-state index in [0.29, 0.717) is 5.41 Å². The Balaban J connectivity index is 2.66. The lowest BCUT2D eigenvalue weighted by Gasteiger charge is -2.36. The molecule has 0 aromatic heterocycles. The molecule has 0 heteroatoms. The van der Waals surface area contributed by atoms with Gasteiger partial charge in [-0.2, -0.15) is 0 Å². The highest BCUT2D eigenvalue weighted by Crippen LogP contribution is 2.39. The van der Waals surface area contributed by atoms with E-state index in [9.17, 15) is 0 Å². The molecule has 23 heavy (non-hydrogen) atoms. The Morgan fingerprint density at radius 3 is 1.87 bits per heavy atom. The minimum absolute atomic E-state index is 0.512. The topological polar surface area (TPSA) is 0 Å². The molecule has 0 radical (unpaired) electrons. The van der Waals surface area contributed by atoms with E-state index in [1.807, 2.05) is 0 Å². The molecule has 0 saturated heterocycles. The molecule has 0 spiro atoms. The summed E-state index contributed by atoms with van der Waals surface area (Å²) < 4.78 is 0. The fourth-order valence-electron chi connectivity index (χ4n) is 4.93. The van der Waals surface area contributed by atoms with Crippen molar-refractivity contribution in [3.05, 3.63) is 0 Å². The number of rotatable bonds is 1. The minimum Gasteiger partial charge on any atom is -0.0651 e. The summed E-state index contributed by atoms with van der Waals surface area (Å²) in [5, 5.41) is 0. The predicted molar refractivity (Wildman–Crippen MR) is 106 cm³/mol. The van der Waals surface area contributed by atoms with Crippen LogP contribution in [0.25, 0.3) is 0 Å². The lowest BCUT2D eigenvalue weighted by Crippen LogP contribution is -2.26. The fraction of sp³-hybridized carbons (Fsp3) is 1.00. The molecule has 1 saturated carbocycles. The van der Waals surface area contributed by atoms with E-state index >= 15 is 0 Å². The highest BCUT2D eigenvalue weighted by molar-refractivity contribution is 4.79. The molecule has 0 nitrogen and oxygen atoms in total. The average molecular weight is 323 g/mol. The van der Waals surface area contributed by atoms with Crippen LogP contribution in [-0.4, -0.2) is 0 Å². The van der Waals surface area contributed by atoms with Crippen molar-refractivity contribution in [1.29, 1.82) is 0 Å². The fourth-order valence-corrected chi connectivity index (χ4v) is 4.93. The van der Waals surface area contributed by atoms with Gasteiger partial charge in [-0.1, -0.05) is 106 Å². The molecule has 1 aliphatic carbocycles. The van der Waals surface area contributed by atoms with Crippen LogP contribution in [0.4, 0.5) is 0 Å². The third-order valence-corrected chi connectivity index (χ3v) is 7.04. The number of hydrogen-bond donors (Lipinski definition) is 0. The normalized spacial score (nSPS) is 35.7. The molecular weight excluding hydrogens is 276 g/mol. The summed E-state index contributed by atoms with van der Waals surface area (Å²) in [4.78, 5) is 0. The third-order valence-electron chi connectivity index (χ3n) is 7.04. The van der Waals surface area contributed by atoms with Gasteiger partial charge in [0.15, 0.2) is 0 Å². The summed E-state index contributed by atoms with van der Waals surface area (Å²) in [5.74, 6) is 3.63. The quantitative estimate of drug-likeness (QED) is 0.456. The first-order chi connectivity index (χ1) is 10.9. The maximum absolute atomic E-state index is 2.53. The second-order valence-corrected chi connectivity index (χ2v) is 9.63. The Labute approximate surface area is 148 Å². The van der Waals surface area contributed by atoms with Gasteiger partial charge in [-0.3, -0.25) is 0 Å². The molecule has 1 aliphatic rings. The van der Waals surface area contributed by atoms with Crippen LogP contribution in [0.2, 0.25) is 0 Å². The first-order valence-corrected chi connectivity index (χ1v) is 10.9. The molecule has 0 heterocycles. The summed E-state index contributed by atoms with van der Waals surface area (Å²) in [6.45, 7) is 15.0. The molecule has 138 valence electrons. The molecule has 0 bridgehead atoms. The van der Waals surface area contributed by atoms with Gasteiger partial charge in [0.25, 0.3) is 0 Å². The molecule has 0 aliphatic heterocycles. The van der Waals surface area contributed by atoms with Gasteiger partial charge in [0, 0.05) is 0 Å². The van der Waals surface area contributed by atoms with E-state index in [2.05, 4.69) is 41.5 Å². The zero-order chi connectivity index (χ0) is 17.3. The van der Waals surface area contributed by atoms with E-state index in [1.165, 1.54) is 77.0 Å². The zero-order valence-electron chi connectivity index (χ0n) is 17.3. The van der Waals surface area contributed by atoms with Crippen molar-refractivity contribution in [2.45, 2.75) is 119 Å². The maximum atomic E-state index is 2.53. The van der Waals surface area contributed by atoms with Crippen molar-refractivity contribution in [3.63, 3.8) is 0 Å². The van der Waals surface area contributed by atoms with Crippen molar-refractivity contribution in [2.24, 2.45) is 29.1 Å². The highest BCUT2D eigenvalue weighted by Gasteiger charge is 2.29. The average Bonchev–Trinajstić information content (AvgIpc) is 2.49. The molecule has 1 fully saturated rings. The van der Waals surface area contributed by atoms with Crippen molar-refractivity contribution in [3.8, 4) is 0 Å². The Kier molecular flexibility index (Phi) is 9.86. The molecule has 0 amide bonds. The van der Waals surface area contributed by atoms with Gasteiger partial charge in [0.1, 0.15) is 0 Å². The minimum atomic E-state index is 0.512. The Morgan fingerprint density at radius 2 is 1.30 bits per heavy atom. The van der Waals surface area contributed by atoms with E-state index in [1.54, 1.807) is 0 Å². The molecule has 4 atom stereocenters. The van der Waals surface area contributed by atoms with E-state index in [4.69, 9.17) is 0 Å². The molecule has 1 rings (SSSR count). The van der Waals surface area contributed by atoms with Gasteiger partial charge >= 0.3 is 0 Å². The molecule has 0 aromatic rings. The van der Waals surface area contributed by atoms with Gasteiger partial charge in [-0.15, -0.1) is 0 Å². The largest absolute Gasteiger partial charge is 0.0651 e. The highest BCUT2D eigenvalue weighted by atomic mass is 14.3. The van der Waals surface area contributed by atoms with Gasteiger partial charge in [-0.25, -0.2) is 0 Å². The third kappa shape index (κ3) is 8.08. The summed E-state index contributed by atoms with van der Waals surface area (Å²) in [6.07, 6.45) is 17.4. The molecule has 0 aromatic carbocycles. The summed E-state index contributed by atoms with van der Waals surface area (Å²) in [7, 11) is 0. The second kappa shape index (κ2) is 10.8. The van der Waals surface area contributed by atoms with Crippen LogP contribution in [0.5, 0.6) is 0 Å². The van der Waals surface area contributed by atoms with Crippen LogP contribution in [0.15, 0.2) is 0 Å². The second-order valence-electron chi connectivity index (χ2n) is 9.63. The van der Waals surface area contributed by atoms with Crippen LogP contribution in [0, 0.1) is 29.1 Å². The first-order valence-electron chi connectivity index (χ1n) is 10.9. The van der Waals surface area contributed by atoms with Gasteiger partial charge in [-0.05, 0) is 41.9 Å². The lowest BCUT2D eigenvalue weighted by atomic mass is 9.69. The van der Waals surface area contributed by atoms with Crippen molar-refractivity contribution in [2.75, 3.05) is 0 Å². The Hall–Kier alpha value is 0. The van der Waals surface area contributed by atoms with Crippen LogP contribution < -0.4 is 0 Å². The monoisotopic (exact) mass is 322 g/mol. The molecule has 4 unspecified atom stereocenters.